The molecule has 0 aromatic heterocycles. The largest absolute Gasteiger partial charge is 3.00 e. The standard InChI is InChI=1S/C20H40N6.2C10H21N3.C2H6O2.4Mn.5H2O/c1-21-7-11-25(3)13-9-23(17-19(25)15-21)5-6-24-10-14-26(4)12-8-22(2)16-20(26)18-24;2*1-11-4-6-13(3)7-5-12(2)9-10(13)8-11;1-2(3)4;;;;;;;;;/h5-18H2,1-4H3;2*4-9H2,1-3H3;2-4H,1H3;;;;;5*1H2/q;;;;4*+3;;;;;. The fourth-order valence-corrected chi connectivity index (χ4v) is 10.0. The third-order valence-corrected chi connectivity index (χ3v) is 15.0. The number of fused-ring (bicyclic) bond motifs is 4. The van der Waals surface area contributed by atoms with Gasteiger partial charge in [0.25, 0.3) is 0 Å². The van der Waals surface area contributed by atoms with Crippen molar-refractivity contribution in [3.8, 4) is 0 Å². The Morgan fingerprint density at radius 1 is 0.354 bits per heavy atom. The number of aliphatic hydroxyl groups excluding tert-OH is 1. The van der Waals surface area contributed by atoms with Crippen molar-refractivity contribution >= 4 is 0 Å². The monoisotopic (exact) mass is 1100 g/mol. The van der Waals surface area contributed by atoms with Crippen molar-refractivity contribution in [2.75, 3.05) is 241 Å². The maximum atomic E-state index is 7.61. The maximum absolute atomic E-state index is 7.61. The van der Waals surface area contributed by atoms with Gasteiger partial charge in [-0.15, -0.1) is 0 Å². The van der Waals surface area contributed by atoms with Gasteiger partial charge in [-0.1, -0.05) is 76.5 Å². The summed E-state index contributed by atoms with van der Waals surface area (Å²) in [4.78, 5) is 20.2. The summed E-state index contributed by atoms with van der Waals surface area (Å²) in [6.07, 6.45) is -1.17. The molecule has 0 amide bonds. The van der Waals surface area contributed by atoms with Gasteiger partial charge in [0.15, 0.2) is 0 Å². The van der Waals surface area contributed by atoms with Crippen LogP contribution in [-0.4, -0.2) is 342 Å². The normalized spacial score (nSPS) is 29.1. The first kappa shape index (κ1) is 75.3. The van der Waals surface area contributed by atoms with Crippen molar-refractivity contribution in [3.63, 3.8) is 0 Å². The zero-order chi connectivity index (χ0) is 40.9. The van der Waals surface area contributed by atoms with E-state index < -0.39 is 6.29 Å². The number of likely N-dealkylation sites (N-methyl/N-ethyl adjacent to an activating group) is 10. The van der Waals surface area contributed by atoms with Crippen LogP contribution in [0, 0.1) is 24.2 Å². The van der Waals surface area contributed by atoms with Gasteiger partial charge in [-0.2, -0.15) is 0 Å². The molecule has 8 aliphatic rings. The Labute approximate surface area is 438 Å². The van der Waals surface area contributed by atoms with Crippen molar-refractivity contribution in [1.82, 2.24) is 39.2 Å². The fourth-order valence-electron chi connectivity index (χ4n) is 10.0. The van der Waals surface area contributed by atoms with Crippen LogP contribution in [0.25, 0.3) is 0 Å². The van der Waals surface area contributed by atoms with Gasteiger partial charge in [0, 0.05) is 93.6 Å². The van der Waals surface area contributed by atoms with Gasteiger partial charge < -0.3 is 94.7 Å². The van der Waals surface area contributed by atoms with Crippen LogP contribution >= 0.6 is 0 Å². The molecular weight excluding hydrogens is 1000 g/mol. The van der Waals surface area contributed by atoms with E-state index in [4.69, 9.17) is 10.2 Å². The van der Waals surface area contributed by atoms with Crippen LogP contribution < -0.4 is 0 Å². The van der Waals surface area contributed by atoms with Crippen LogP contribution in [0.15, 0.2) is 0 Å². The predicted octanol–water partition coefficient (Wildman–Crippen LogP) is -5.64. The molecule has 0 aromatic rings. The van der Waals surface area contributed by atoms with E-state index in [9.17, 15) is 0 Å². The molecule has 0 saturated carbocycles. The summed E-state index contributed by atoms with van der Waals surface area (Å²) >= 11 is 0. The Bertz CT molecular complexity index is 1120. The Kier molecular flexibility index (Phi) is 38.3. The number of hydrogen-bond donors (Lipinski definition) is 2. The molecule has 23 heteroatoms. The van der Waals surface area contributed by atoms with E-state index in [2.05, 4.69) is 110 Å². The molecule has 19 nitrogen and oxygen atoms in total. The van der Waals surface area contributed by atoms with E-state index in [1.165, 1.54) is 195 Å². The summed E-state index contributed by atoms with van der Waals surface area (Å²) in [5.41, 5.74) is 0. The van der Waals surface area contributed by atoms with E-state index in [0.717, 1.165) is 0 Å². The number of hydrogen-bond acceptors (Lipinski definition) is 10. The average Bonchev–Trinajstić information content (AvgIpc) is 3.13. The average molecular weight is 1100 g/mol. The minimum atomic E-state index is -1.17. The first-order valence-electron chi connectivity index (χ1n) is 22.0. The zero-order valence-electron chi connectivity index (χ0n) is 42.2. The summed E-state index contributed by atoms with van der Waals surface area (Å²) in [7, 11) is 23.2. The molecular formula is C42H98Mn4N12O7+12. The van der Waals surface area contributed by atoms with Crippen molar-refractivity contribution in [3.05, 3.63) is 24.2 Å². The molecule has 8 heterocycles. The first-order chi connectivity index (χ1) is 26.3. The van der Waals surface area contributed by atoms with E-state index in [0.29, 0.717) is 0 Å². The minimum absolute atomic E-state index is 0. The van der Waals surface area contributed by atoms with Crippen LogP contribution in [0.2, 0.25) is 0 Å². The summed E-state index contributed by atoms with van der Waals surface area (Å²) in [6, 6.07) is 6.86. The third-order valence-electron chi connectivity index (χ3n) is 15.0. The van der Waals surface area contributed by atoms with Gasteiger partial charge in [0.1, 0.15) is 6.29 Å². The van der Waals surface area contributed by atoms with Gasteiger partial charge in [-0.25, -0.2) is 0 Å². The van der Waals surface area contributed by atoms with Gasteiger partial charge >= 0.3 is 68.3 Å². The third kappa shape index (κ3) is 21.5. The van der Waals surface area contributed by atoms with Crippen molar-refractivity contribution in [2.24, 2.45) is 0 Å². The molecule has 65 heavy (non-hydrogen) atoms. The predicted molar refractivity (Wildman–Crippen MR) is 246 cm³/mol. The van der Waals surface area contributed by atoms with E-state index in [1.54, 1.807) is 24.2 Å². The van der Waals surface area contributed by atoms with Crippen molar-refractivity contribution in [2.45, 2.75) is 13.2 Å². The van der Waals surface area contributed by atoms with E-state index in [-0.39, 0.29) is 95.7 Å². The number of rotatable bonds is 3. The fraction of sp³-hybridized carbons (Fsp3) is 0.905. The molecule has 0 aliphatic carbocycles. The van der Waals surface area contributed by atoms with Crippen LogP contribution in [0.5, 0.6) is 0 Å². The SMILES string of the molecule is CC(O)O.CN1CC[N+]2(C)CCN(C)C[C-]2C1.CN1CC[N+]2(C)CCN(C)C[C-]2C1.CN1CC[N+]2(C)CCN(CCN3CC[N+]4(C)CCN(C)C[C-]4C3)C[C-]2C1.O.O.O.O.O.[Mn+3].[Mn+3].[Mn+3].[Mn+3]. The van der Waals surface area contributed by atoms with E-state index in [1.807, 2.05) is 0 Å². The molecule has 2 atom stereocenters. The summed E-state index contributed by atoms with van der Waals surface area (Å²) in [5, 5.41) is 15.2. The molecule has 384 valence electrons. The minimum Gasteiger partial charge on any atom is -0.451 e. The molecule has 0 spiro atoms. The topological polar surface area (TPSA) is 224 Å². The van der Waals surface area contributed by atoms with Crippen LogP contribution in [-0.2, 0) is 68.3 Å². The second-order valence-electron chi connectivity index (χ2n) is 20.2. The van der Waals surface area contributed by atoms with Crippen LogP contribution in [0.3, 0.4) is 0 Å². The molecule has 8 rings (SSSR count). The van der Waals surface area contributed by atoms with Gasteiger partial charge in [0.05, 0.1) is 52.4 Å². The first-order valence-corrected chi connectivity index (χ1v) is 22.0. The number of quaternary nitrogens is 4. The number of piperazine rings is 8. The Balaban J connectivity index is -0.000000266. The van der Waals surface area contributed by atoms with Crippen molar-refractivity contribution < 1.29 is 124 Å². The van der Waals surface area contributed by atoms with E-state index >= 15 is 0 Å². The molecule has 0 bridgehead atoms. The molecule has 8 aliphatic heterocycles. The Morgan fingerprint density at radius 3 is 0.692 bits per heavy atom. The zero-order valence-corrected chi connectivity index (χ0v) is 47.0. The van der Waals surface area contributed by atoms with Gasteiger partial charge in [-0.05, 0) is 49.2 Å². The molecule has 0 aromatic carbocycles. The van der Waals surface area contributed by atoms with Gasteiger partial charge in [0.2, 0.25) is 0 Å². The summed E-state index contributed by atoms with van der Waals surface area (Å²) < 4.78 is 4.92. The Morgan fingerprint density at radius 2 is 0.508 bits per heavy atom. The number of aliphatic hydroxyl groups is 2. The molecule has 2 unspecified atom stereocenters. The summed E-state index contributed by atoms with van der Waals surface area (Å²) in [6.45, 7) is 33.8. The van der Waals surface area contributed by atoms with Crippen LogP contribution in [0.1, 0.15) is 6.92 Å². The maximum Gasteiger partial charge on any atom is 3.00 e. The smallest absolute Gasteiger partial charge is 0.451 e. The van der Waals surface area contributed by atoms with Gasteiger partial charge in [-0.3, -0.25) is 0 Å². The molecule has 8 saturated heterocycles. The number of nitrogens with zero attached hydrogens (tertiary/aromatic N) is 12. The summed E-state index contributed by atoms with van der Waals surface area (Å²) in [5.74, 6) is 0. The molecule has 12 N–H and O–H groups in total. The second-order valence-corrected chi connectivity index (χ2v) is 20.2. The molecule has 0 radical (unpaired) electrons. The second kappa shape index (κ2) is 33.1. The quantitative estimate of drug-likeness (QED) is 0.118. The molecule has 8 fully saturated rings. The van der Waals surface area contributed by atoms with Crippen molar-refractivity contribution in [1.29, 1.82) is 0 Å². The van der Waals surface area contributed by atoms with Crippen LogP contribution in [0.4, 0.5) is 0 Å². The Hall–Kier alpha value is 1.32.